The second-order valence-electron chi connectivity index (χ2n) is 4.71. The Bertz CT molecular complexity index is 745. The summed E-state index contributed by atoms with van der Waals surface area (Å²) in [6.45, 7) is 2.18. The second kappa shape index (κ2) is 8.86. The molecule has 0 spiro atoms. The maximum absolute atomic E-state index is 10.4. The molecule has 1 N–H and O–H groups in total. The highest BCUT2D eigenvalue weighted by atomic mass is 16.6. The van der Waals surface area contributed by atoms with Gasteiger partial charge in [0.1, 0.15) is 0 Å². The zero-order valence-electron chi connectivity index (χ0n) is 13.1. The summed E-state index contributed by atoms with van der Waals surface area (Å²) in [7, 11) is 0. The number of aryl methyl sites for hydroxylation is 1. The summed E-state index contributed by atoms with van der Waals surface area (Å²) < 4.78 is 0. The molecule has 11 nitrogen and oxygen atoms in total. The first-order valence-corrected chi connectivity index (χ1v) is 6.97. The van der Waals surface area contributed by atoms with Crippen molar-refractivity contribution < 1.29 is 19.9 Å². The average molecular weight is 350 g/mol. The van der Waals surface area contributed by atoms with E-state index in [2.05, 4.69) is 24.0 Å². The lowest BCUT2D eigenvalue weighted by atomic mass is 10.2. The molecular formula is C14H14N4O7. The molecule has 0 unspecified atom stereocenters. The molecule has 0 saturated heterocycles. The fourth-order valence-electron chi connectivity index (χ4n) is 1.81. The largest absolute Gasteiger partial charge is 0.497 e. The van der Waals surface area contributed by atoms with Gasteiger partial charge in [0, 0.05) is 12.4 Å². The first-order chi connectivity index (χ1) is 11.8. The van der Waals surface area contributed by atoms with Gasteiger partial charge >= 0.3 is 11.4 Å². The lowest BCUT2D eigenvalue weighted by molar-refractivity contribution is -0.404. The number of aromatic hydroxyl groups is 1. The molecule has 1 aromatic carbocycles. The van der Waals surface area contributed by atoms with Crippen molar-refractivity contribution >= 4 is 17.1 Å². The van der Waals surface area contributed by atoms with Crippen LogP contribution in [0.1, 0.15) is 18.9 Å². The van der Waals surface area contributed by atoms with Gasteiger partial charge in [0.25, 0.3) is 11.4 Å². The first-order valence-electron chi connectivity index (χ1n) is 6.97. The number of hydrogen-bond acceptors (Lipinski definition) is 8. The van der Waals surface area contributed by atoms with Crippen molar-refractivity contribution in [1.82, 2.24) is 4.98 Å². The van der Waals surface area contributed by atoms with E-state index in [1.54, 1.807) is 0 Å². The van der Waals surface area contributed by atoms with Gasteiger partial charge in [0.05, 0.1) is 26.9 Å². The number of non-ortho nitro benzene ring substituents is 1. The number of aromatic nitrogens is 1. The summed E-state index contributed by atoms with van der Waals surface area (Å²) in [6, 6.07) is 5.01. The van der Waals surface area contributed by atoms with Crippen molar-refractivity contribution in [2.24, 2.45) is 0 Å². The van der Waals surface area contributed by atoms with E-state index in [4.69, 9.17) is 5.11 Å². The lowest BCUT2D eigenvalue weighted by Gasteiger charge is -1.97. The van der Waals surface area contributed by atoms with Gasteiger partial charge in [-0.3, -0.25) is 35.3 Å². The number of hydrogen-bond donors (Lipinski definition) is 1. The summed E-state index contributed by atoms with van der Waals surface area (Å²) in [5, 5.41) is 40.2. The van der Waals surface area contributed by atoms with Crippen LogP contribution in [-0.4, -0.2) is 24.9 Å². The molecule has 132 valence electrons. The quantitative estimate of drug-likeness (QED) is 0.634. The Kier molecular flexibility index (Phi) is 6.88. The number of nitro benzene ring substituents is 3. The van der Waals surface area contributed by atoms with E-state index in [9.17, 15) is 30.3 Å². The molecule has 2 aromatic rings. The van der Waals surface area contributed by atoms with Crippen LogP contribution in [0.25, 0.3) is 0 Å². The number of benzene rings is 1. The summed E-state index contributed by atoms with van der Waals surface area (Å²) in [5.74, 6) is -1.21. The van der Waals surface area contributed by atoms with Crippen LogP contribution in [0.3, 0.4) is 0 Å². The van der Waals surface area contributed by atoms with Crippen molar-refractivity contribution in [2.75, 3.05) is 0 Å². The molecule has 0 radical (unpaired) electrons. The van der Waals surface area contributed by atoms with Crippen LogP contribution in [0.4, 0.5) is 17.1 Å². The van der Waals surface area contributed by atoms with Crippen LogP contribution in [0.15, 0.2) is 36.7 Å². The van der Waals surface area contributed by atoms with Crippen molar-refractivity contribution in [3.63, 3.8) is 0 Å². The number of rotatable bonds is 5. The molecule has 0 aliphatic heterocycles. The Morgan fingerprint density at radius 1 is 0.960 bits per heavy atom. The zero-order valence-corrected chi connectivity index (χ0v) is 13.1. The first kappa shape index (κ1) is 19.4. The van der Waals surface area contributed by atoms with E-state index in [1.807, 2.05) is 12.4 Å². The van der Waals surface area contributed by atoms with Crippen LogP contribution in [0.5, 0.6) is 5.75 Å². The van der Waals surface area contributed by atoms with Gasteiger partial charge in [-0.2, -0.15) is 0 Å². The molecule has 25 heavy (non-hydrogen) atoms. The maximum Gasteiger partial charge on any atom is 0.324 e. The molecule has 0 saturated carbocycles. The molecular weight excluding hydrogens is 336 g/mol. The van der Waals surface area contributed by atoms with Gasteiger partial charge in [0.15, 0.2) is 0 Å². The highest BCUT2D eigenvalue weighted by molar-refractivity contribution is 5.64. The van der Waals surface area contributed by atoms with E-state index in [0.29, 0.717) is 12.1 Å². The Balaban J connectivity index is 0.000000293. The van der Waals surface area contributed by atoms with Crippen molar-refractivity contribution in [3.05, 3.63) is 72.6 Å². The van der Waals surface area contributed by atoms with Crippen molar-refractivity contribution in [1.29, 1.82) is 0 Å². The predicted octanol–water partition coefficient (Wildman–Crippen LogP) is 3.15. The number of nitro groups is 3. The van der Waals surface area contributed by atoms with E-state index in [1.165, 1.54) is 18.4 Å². The molecule has 11 heteroatoms. The molecule has 0 aliphatic rings. The molecule has 0 fully saturated rings. The smallest absolute Gasteiger partial charge is 0.324 e. The Labute approximate surface area is 141 Å². The third kappa shape index (κ3) is 5.49. The van der Waals surface area contributed by atoms with E-state index >= 15 is 0 Å². The lowest BCUT2D eigenvalue weighted by Crippen LogP contribution is -1.97. The molecule has 0 atom stereocenters. The molecule has 0 bridgehead atoms. The number of phenolic OH excluding ortho intramolecular Hbond substituents is 1. The molecule has 1 heterocycles. The summed E-state index contributed by atoms with van der Waals surface area (Å²) in [4.78, 5) is 31.7. The highest BCUT2D eigenvalue weighted by Crippen LogP contribution is 2.38. The average Bonchev–Trinajstić information content (AvgIpc) is 2.56. The Morgan fingerprint density at radius 2 is 1.44 bits per heavy atom. The Morgan fingerprint density at radius 3 is 1.80 bits per heavy atom. The van der Waals surface area contributed by atoms with Crippen LogP contribution in [0.2, 0.25) is 0 Å². The van der Waals surface area contributed by atoms with Gasteiger partial charge in [0.2, 0.25) is 0 Å². The fourth-order valence-corrected chi connectivity index (χ4v) is 1.81. The molecule has 1 aromatic heterocycles. The summed E-state index contributed by atoms with van der Waals surface area (Å²) in [5.41, 5.74) is -1.62. The minimum absolute atomic E-state index is 0.447. The van der Waals surface area contributed by atoms with Crippen molar-refractivity contribution in [3.8, 4) is 5.75 Å². The Hall–Kier alpha value is -3.63. The highest BCUT2D eigenvalue weighted by Gasteiger charge is 2.30. The third-order valence-electron chi connectivity index (χ3n) is 2.95. The number of nitrogens with zero attached hydrogens (tertiary/aromatic N) is 4. The third-order valence-corrected chi connectivity index (χ3v) is 2.95. The van der Waals surface area contributed by atoms with E-state index in [0.717, 1.165) is 0 Å². The molecule has 0 aliphatic carbocycles. The molecule has 2 rings (SSSR count). The standard InChI is InChI=1S/C8H11N.C6H3N3O7/c1-2-3-8-4-6-9-7-5-8;10-6-4(8(13)14)1-3(7(11)12)2-5(6)9(15)16/h4-7H,2-3H2,1H3;1-2,10H. The molecule has 0 amide bonds. The van der Waals surface area contributed by atoms with Crippen LogP contribution >= 0.6 is 0 Å². The normalized spacial score (nSPS) is 9.64. The topological polar surface area (TPSA) is 163 Å². The van der Waals surface area contributed by atoms with Crippen molar-refractivity contribution in [2.45, 2.75) is 19.8 Å². The van der Waals surface area contributed by atoms with Gasteiger partial charge in [-0.05, 0) is 24.1 Å². The predicted molar refractivity (Wildman–Crippen MR) is 86.3 cm³/mol. The monoisotopic (exact) mass is 350 g/mol. The maximum atomic E-state index is 10.4. The van der Waals surface area contributed by atoms with Crippen LogP contribution < -0.4 is 0 Å². The number of phenols is 1. The minimum Gasteiger partial charge on any atom is -0.497 e. The van der Waals surface area contributed by atoms with Crippen LogP contribution in [0, 0.1) is 30.3 Å². The SMILES string of the molecule is CCCc1ccncc1.O=[N+]([O-])c1cc([N+](=O)[O-])c(O)c([N+](=O)[O-])c1. The van der Waals surface area contributed by atoms with Crippen LogP contribution in [-0.2, 0) is 6.42 Å². The summed E-state index contributed by atoms with van der Waals surface area (Å²) >= 11 is 0. The van der Waals surface area contributed by atoms with Gasteiger partial charge in [-0.15, -0.1) is 0 Å². The summed E-state index contributed by atoms with van der Waals surface area (Å²) in [6.07, 6.45) is 6.06. The van der Waals surface area contributed by atoms with Gasteiger partial charge in [-0.1, -0.05) is 13.3 Å². The minimum atomic E-state index is -1.21. The number of pyridine rings is 1. The van der Waals surface area contributed by atoms with E-state index in [-0.39, 0.29) is 0 Å². The van der Waals surface area contributed by atoms with Gasteiger partial charge < -0.3 is 5.11 Å². The zero-order chi connectivity index (χ0) is 19.0. The fraction of sp³-hybridized carbons (Fsp3) is 0.214. The second-order valence-corrected chi connectivity index (χ2v) is 4.71. The van der Waals surface area contributed by atoms with E-state index < -0.39 is 37.6 Å². The van der Waals surface area contributed by atoms with Gasteiger partial charge in [-0.25, -0.2) is 0 Å².